The molecule has 4 aromatic rings. The van der Waals surface area contributed by atoms with Crippen molar-refractivity contribution in [2.75, 3.05) is 13.2 Å². The second kappa shape index (κ2) is 13.1. The molecular formula is C32H29ClF4N4O5. The van der Waals surface area contributed by atoms with Crippen LogP contribution < -0.4 is 20.5 Å². The standard InChI is InChI=1S/C32H29ClF4N4O5/c1-3-45-29-17(10-26(38)42)9-25(41-28(29)20-11-21(33)23(35)12-22(20)34)32(44,19-4-5-19)14-40-30(43)18-7-16-6-15(2)13-39-27(16)24(8-18)46-31(36)37/h6-9,11-13,19,31,44H,3-5,10,14H2,1-2H3,(H2,38,42)(H,40,43)/t32-/m1/s1. The molecule has 0 unspecified atom stereocenters. The van der Waals surface area contributed by atoms with E-state index in [-0.39, 0.29) is 58.1 Å². The first kappa shape index (κ1) is 32.9. The summed E-state index contributed by atoms with van der Waals surface area (Å²) in [6.07, 6.45) is 2.20. The van der Waals surface area contributed by atoms with Gasteiger partial charge in [-0.3, -0.25) is 14.6 Å². The van der Waals surface area contributed by atoms with Gasteiger partial charge in [0.25, 0.3) is 5.91 Å². The third-order valence-corrected chi connectivity index (χ3v) is 7.84. The van der Waals surface area contributed by atoms with Crippen molar-refractivity contribution in [2.45, 2.75) is 45.3 Å². The maximum atomic E-state index is 15.2. The number of fused-ring (bicyclic) bond motifs is 1. The molecule has 2 aromatic heterocycles. The van der Waals surface area contributed by atoms with Crippen molar-refractivity contribution in [2.24, 2.45) is 11.7 Å². The Kier molecular flexibility index (Phi) is 9.36. The minimum absolute atomic E-state index is 0.0135. The predicted octanol–water partition coefficient (Wildman–Crippen LogP) is 5.59. The van der Waals surface area contributed by atoms with E-state index >= 15 is 4.39 Å². The molecule has 2 amide bonds. The molecule has 1 aliphatic carbocycles. The molecule has 4 N–H and O–H groups in total. The average Bonchev–Trinajstić information content (AvgIpc) is 3.84. The van der Waals surface area contributed by atoms with Gasteiger partial charge in [0.15, 0.2) is 5.75 Å². The Morgan fingerprint density at radius 2 is 1.89 bits per heavy atom. The van der Waals surface area contributed by atoms with Gasteiger partial charge in [0.05, 0.1) is 30.3 Å². The molecular weight excluding hydrogens is 632 g/mol. The fourth-order valence-electron chi connectivity index (χ4n) is 5.28. The number of hydrogen-bond acceptors (Lipinski definition) is 7. The summed E-state index contributed by atoms with van der Waals surface area (Å²) in [5, 5.41) is 14.7. The Bertz CT molecular complexity index is 1840. The predicted molar refractivity (Wildman–Crippen MR) is 161 cm³/mol. The lowest BCUT2D eigenvalue weighted by Gasteiger charge is -2.30. The summed E-state index contributed by atoms with van der Waals surface area (Å²) in [6, 6.07) is 7.23. The number of aromatic nitrogens is 2. The third kappa shape index (κ3) is 6.85. The van der Waals surface area contributed by atoms with Gasteiger partial charge in [-0.15, -0.1) is 0 Å². The summed E-state index contributed by atoms with van der Waals surface area (Å²) >= 11 is 5.97. The maximum absolute atomic E-state index is 15.2. The zero-order valence-electron chi connectivity index (χ0n) is 24.7. The quantitative estimate of drug-likeness (QED) is 0.133. The normalized spacial score (nSPS) is 14.3. The zero-order valence-corrected chi connectivity index (χ0v) is 25.4. The molecule has 1 saturated carbocycles. The van der Waals surface area contributed by atoms with Gasteiger partial charge in [-0.2, -0.15) is 8.78 Å². The molecule has 0 radical (unpaired) electrons. The number of pyridine rings is 2. The van der Waals surface area contributed by atoms with Crippen LogP contribution in [0.15, 0.2) is 42.6 Å². The van der Waals surface area contributed by atoms with Crippen LogP contribution in [0.2, 0.25) is 5.02 Å². The van der Waals surface area contributed by atoms with Crippen LogP contribution in [0.5, 0.6) is 11.5 Å². The van der Waals surface area contributed by atoms with E-state index in [2.05, 4.69) is 20.0 Å². The number of carbonyl (C=O) groups excluding carboxylic acids is 2. The lowest BCUT2D eigenvalue weighted by atomic mass is 9.90. The van der Waals surface area contributed by atoms with Gasteiger partial charge in [-0.05, 0) is 68.5 Å². The molecule has 0 aliphatic heterocycles. The van der Waals surface area contributed by atoms with Crippen LogP contribution in [0, 0.1) is 24.5 Å². The highest BCUT2D eigenvalue weighted by molar-refractivity contribution is 6.31. The first-order valence-electron chi connectivity index (χ1n) is 14.3. The maximum Gasteiger partial charge on any atom is 0.387 e. The molecule has 2 aromatic carbocycles. The number of benzene rings is 2. The minimum Gasteiger partial charge on any atom is -0.491 e. The molecule has 2 heterocycles. The van der Waals surface area contributed by atoms with E-state index < -0.39 is 53.1 Å². The number of aryl methyl sites for hydroxylation is 1. The number of halogens is 5. The van der Waals surface area contributed by atoms with E-state index in [4.69, 9.17) is 22.1 Å². The second-order valence-corrected chi connectivity index (χ2v) is 11.4. The number of hydrogen-bond donors (Lipinski definition) is 3. The Hall–Kier alpha value is -4.49. The van der Waals surface area contributed by atoms with Gasteiger partial charge in [0.1, 0.15) is 34.2 Å². The van der Waals surface area contributed by atoms with Crippen LogP contribution in [0.4, 0.5) is 17.6 Å². The Labute approximate surface area is 265 Å². The number of carbonyl (C=O) groups is 2. The Morgan fingerprint density at radius 1 is 1.15 bits per heavy atom. The largest absolute Gasteiger partial charge is 0.491 e. The molecule has 1 atom stereocenters. The molecule has 5 rings (SSSR count). The van der Waals surface area contributed by atoms with Crippen LogP contribution in [0.1, 0.15) is 46.9 Å². The number of ether oxygens (including phenoxy) is 2. The summed E-state index contributed by atoms with van der Waals surface area (Å²) in [5.41, 5.74) is 4.19. The van der Waals surface area contributed by atoms with Crippen molar-refractivity contribution in [3.8, 4) is 22.8 Å². The van der Waals surface area contributed by atoms with Crippen molar-refractivity contribution in [3.05, 3.63) is 81.6 Å². The van der Waals surface area contributed by atoms with E-state index in [1.807, 2.05) is 0 Å². The van der Waals surface area contributed by atoms with Crippen molar-refractivity contribution >= 4 is 34.3 Å². The second-order valence-electron chi connectivity index (χ2n) is 11.0. The number of amides is 2. The lowest BCUT2D eigenvalue weighted by Crippen LogP contribution is -2.43. The number of alkyl halides is 2. The number of rotatable bonds is 12. The van der Waals surface area contributed by atoms with Gasteiger partial charge >= 0.3 is 6.61 Å². The molecule has 46 heavy (non-hydrogen) atoms. The van der Waals surface area contributed by atoms with Gasteiger partial charge in [0.2, 0.25) is 5.91 Å². The average molecular weight is 661 g/mol. The number of aliphatic hydroxyl groups is 1. The van der Waals surface area contributed by atoms with Gasteiger partial charge < -0.3 is 25.6 Å². The van der Waals surface area contributed by atoms with Crippen LogP contribution in [-0.4, -0.2) is 46.7 Å². The Balaban J connectivity index is 1.57. The zero-order chi connectivity index (χ0) is 33.3. The fraction of sp³-hybridized carbons (Fsp3) is 0.312. The van der Waals surface area contributed by atoms with Crippen LogP contribution >= 0.6 is 11.6 Å². The van der Waals surface area contributed by atoms with Crippen LogP contribution in [0.3, 0.4) is 0 Å². The molecule has 1 aliphatic rings. The topological polar surface area (TPSA) is 137 Å². The first-order chi connectivity index (χ1) is 21.8. The number of nitrogens with zero attached hydrogens (tertiary/aromatic N) is 2. The van der Waals surface area contributed by atoms with E-state index in [0.717, 1.165) is 17.7 Å². The Morgan fingerprint density at radius 3 is 2.54 bits per heavy atom. The van der Waals surface area contributed by atoms with Gasteiger partial charge in [-0.1, -0.05) is 11.6 Å². The minimum atomic E-state index is -3.17. The SMILES string of the molecule is CCOc1c(CC(N)=O)cc([C@@](O)(CNC(=O)c2cc(OC(F)F)c3ncc(C)cc3c2)C2CC2)nc1-c1cc(Cl)c(F)cc1F. The molecule has 0 saturated heterocycles. The van der Waals surface area contributed by atoms with Crippen molar-refractivity contribution in [1.29, 1.82) is 0 Å². The summed E-state index contributed by atoms with van der Waals surface area (Å²) in [7, 11) is 0. The van der Waals surface area contributed by atoms with Crippen molar-refractivity contribution < 1.29 is 41.7 Å². The molecule has 9 nitrogen and oxygen atoms in total. The van der Waals surface area contributed by atoms with E-state index in [0.29, 0.717) is 24.3 Å². The third-order valence-electron chi connectivity index (χ3n) is 7.55. The summed E-state index contributed by atoms with van der Waals surface area (Å²) < 4.78 is 65.9. The summed E-state index contributed by atoms with van der Waals surface area (Å²) in [4.78, 5) is 34.1. The lowest BCUT2D eigenvalue weighted by molar-refractivity contribution is -0.117. The van der Waals surface area contributed by atoms with Crippen molar-refractivity contribution in [3.63, 3.8) is 0 Å². The van der Waals surface area contributed by atoms with Gasteiger partial charge in [-0.25, -0.2) is 13.8 Å². The molecule has 14 heteroatoms. The first-order valence-corrected chi connectivity index (χ1v) is 14.6. The number of nitrogens with two attached hydrogens (primary N) is 1. The smallest absolute Gasteiger partial charge is 0.387 e. The van der Waals surface area contributed by atoms with Crippen LogP contribution in [-0.2, 0) is 16.8 Å². The summed E-state index contributed by atoms with van der Waals surface area (Å²) in [5.74, 6) is -4.23. The monoisotopic (exact) mass is 660 g/mol. The van der Waals surface area contributed by atoms with Crippen LogP contribution in [0.25, 0.3) is 22.2 Å². The highest BCUT2D eigenvalue weighted by atomic mass is 35.5. The van der Waals surface area contributed by atoms with E-state index in [1.54, 1.807) is 19.9 Å². The highest BCUT2D eigenvalue weighted by Crippen LogP contribution is 2.47. The fourth-order valence-corrected chi connectivity index (χ4v) is 5.45. The number of primary amides is 1. The molecule has 0 bridgehead atoms. The van der Waals surface area contributed by atoms with Gasteiger partial charge in [0, 0.05) is 34.3 Å². The summed E-state index contributed by atoms with van der Waals surface area (Å²) in [6.45, 7) is -0.0946. The van der Waals surface area contributed by atoms with Crippen molar-refractivity contribution in [1.82, 2.24) is 15.3 Å². The molecule has 0 spiro atoms. The molecule has 1 fully saturated rings. The number of nitrogens with one attached hydrogen (secondary N) is 1. The molecule has 242 valence electrons. The van der Waals surface area contributed by atoms with E-state index in [1.165, 1.54) is 18.3 Å². The van der Waals surface area contributed by atoms with E-state index in [9.17, 15) is 27.9 Å². The highest BCUT2D eigenvalue weighted by Gasteiger charge is 2.47.